The maximum absolute atomic E-state index is 10.6. The molecule has 8 nitrogen and oxygen atoms in total. The zero-order chi connectivity index (χ0) is 14.5. The Kier molecular flexibility index (Phi) is 4.70. The van der Waals surface area contributed by atoms with Crippen LogP contribution < -0.4 is 0 Å². The lowest BCUT2D eigenvalue weighted by atomic mass is 10.3. The first kappa shape index (κ1) is 14.5. The predicted molar refractivity (Wildman–Crippen MR) is 72.7 cm³/mol. The first-order valence-electron chi connectivity index (χ1n) is 5.92. The van der Waals surface area contributed by atoms with E-state index in [1.54, 1.807) is 17.2 Å². The minimum absolute atomic E-state index is 0.266. The normalized spacial score (nSPS) is 17.0. The van der Waals surface area contributed by atoms with Gasteiger partial charge in [0.2, 0.25) is 0 Å². The van der Waals surface area contributed by atoms with Crippen molar-refractivity contribution in [3.63, 3.8) is 0 Å². The van der Waals surface area contributed by atoms with Crippen molar-refractivity contribution < 1.29 is 9.77 Å². The van der Waals surface area contributed by atoms with E-state index in [2.05, 4.69) is 10.1 Å². The molecule has 0 saturated carbocycles. The molecule has 0 N–H and O–H groups in total. The third-order valence-electron chi connectivity index (χ3n) is 2.82. The summed E-state index contributed by atoms with van der Waals surface area (Å²) >= 11 is 5.73. The zero-order valence-electron chi connectivity index (χ0n) is 10.9. The second kappa shape index (κ2) is 6.49. The van der Waals surface area contributed by atoms with E-state index in [0.717, 1.165) is 5.56 Å². The first-order chi connectivity index (χ1) is 9.60. The summed E-state index contributed by atoms with van der Waals surface area (Å²) in [5.74, 6) is 0.298. The third kappa shape index (κ3) is 3.55. The molecule has 0 spiro atoms. The van der Waals surface area contributed by atoms with E-state index in [1.165, 1.54) is 7.11 Å². The Morgan fingerprint density at radius 3 is 2.85 bits per heavy atom. The van der Waals surface area contributed by atoms with Crippen molar-refractivity contribution in [2.75, 3.05) is 26.9 Å². The Balaban J connectivity index is 2.13. The van der Waals surface area contributed by atoms with Crippen LogP contribution in [0, 0.1) is 10.1 Å². The van der Waals surface area contributed by atoms with Crippen molar-refractivity contribution in [3.05, 3.63) is 39.2 Å². The molecule has 9 heteroatoms. The van der Waals surface area contributed by atoms with Crippen molar-refractivity contribution in [1.82, 2.24) is 14.8 Å². The van der Waals surface area contributed by atoms with E-state index >= 15 is 0 Å². The molecule has 0 bridgehead atoms. The topological polar surface area (TPSA) is 84.1 Å². The van der Waals surface area contributed by atoms with E-state index < -0.39 is 5.03 Å². The van der Waals surface area contributed by atoms with Crippen LogP contribution in [-0.4, -0.2) is 52.7 Å². The molecule has 0 atom stereocenters. The summed E-state index contributed by atoms with van der Waals surface area (Å²) in [5, 5.41) is 13.8. The first-order valence-corrected chi connectivity index (χ1v) is 6.30. The molecular weight excluding hydrogens is 286 g/mol. The van der Waals surface area contributed by atoms with Crippen molar-refractivity contribution in [2.45, 2.75) is 6.54 Å². The van der Waals surface area contributed by atoms with E-state index in [0.29, 0.717) is 30.7 Å². The van der Waals surface area contributed by atoms with E-state index in [9.17, 15) is 10.1 Å². The van der Waals surface area contributed by atoms with Crippen LogP contribution in [0.5, 0.6) is 0 Å². The van der Waals surface area contributed by atoms with Gasteiger partial charge in [-0.3, -0.25) is 0 Å². The Morgan fingerprint density at radius 2 is 2.25 bits per heavy atom. The van der Waals surface area contributed by atoms with Crippen molar-refractivity contribution >= 4 is 17.6 Å². The number of nitrogens with zero attached hydrogens (tertiary/aromatic N) is 5. The molecule has 1 aromatic rings. The minimum atomic E-state index is -0.698. The molecule has 2 heterocycles. The van der Waals surface area contributed by atoms with Crippen LogP contribution in [0.25, 0.3) is 0 Å². The lowest BCUT2D eigenvalue weighted by Crippen LogP contribution is -2.35. The number of hydrogen-bond acceptors (Lipinski definition) is 4. The molecule has 2 rings (SSSR count). The fourth-order valence-electron chi connectivity index (χ4n) is 1.99. The van der Waals surface area contributed by atoms with Crippen LogP contribution in [0.15, 0.2) is 23.4 Å². The molecule has 0 unspecified atom stereocenters. The molecule has 0 aromatic carbocycles. The summed E-state index contributed by atoms with van der Waals surface area (Å²) in [7, 11) is 1.54. The van der Waals surface area contributed by atoms with Gasteiger partial charge in [-0.05, 0) is 11.6 Å². The van der Waals surface area contributed by atoms with Gasteiger partial charge >= 0.3 is 0 Å². The highest BCUT2D eigenvalue weighted by atomic mass is 35.5. The number of guanidine groups is 1. The summed E-state index contributed by atoms with van der Waals surface area (Å²) in [4.78, 5) is 18.2. The second-order valence-corrected chi connectivity index (χ2v) is 4.62. The molecule has 1 aliphatic rings. The fourth-order valence-corrected chi connectivity index (χ4v) is 2.10. The monoisotopic (exact) mass is 299 g/mol. The lowest BCUT2D eigenvalue weighted by molar-refractivity contribution is -0.486. The predicted octanol–water partition coefficient (Wildman–Crippen LogP) is 1.00. The van der Waals surface area contributed by atoms with Crippen LogP contribution in [0.3, 0.4) is 0 Å². The lowest BCUT2D eigenvalue weighted by Gasteiger charge is -2.19. The standard InChI is InChI=1S/C11H14ClN5O3/c1-20-8-16-5-4-15(11(16)14-17(18)19)7-9-2-3-10(12)13-6-9/h2-3,6H,4-5,7-8H2,1H3. The van der Waals surface area contributed by atoms with Crippen molar-refractivity contribution in [2.24, 2.45) is 5.10 Å². The summed E-state index contributed by atoms with van der Waals surface area (Å²) in [5.41, 5.74) is 0.907. The summed E-state index contributed by atoms with van der Waals surface area (Å²) in [6.07, 6.45) is 1.64. The SMILES string of the molecule is COCN1CCN(Cc2ccc(Cl)nc2)C1=N[N+](=O)[O-]. The summed E-state index contributed by atoms with van der Waals surface area (Å²) in [6.45, 7) is 2.01. The van der Waals surface area contributed by atoms with Crippen LogP contribution in [-0.2, 0) is 11.3 Å². The zero-order valence-corrected chi connectivity index (χ0v) is 11.7. The number of hydrazone groups is 1. The van der Waals surface area contributed by atoms with Crippen LogP contribution in [0.4, 0.5) is 0 Å². The Bertz CT molecular complexity index is 507. The van der Waals surface area contributed by atoms with Gasteiger partial charge in [-0.2, -0.15) is 0 Å². The maximum atomic E-state index is 10.6. The van der Waals surface area contributed by atoms with E-state index in [4.69, 9.17) is 16.3 Å². The number of ether oxygens (including phenoxy) is 1. The molecule has 1 saturated heterocycles. The average molecular weight is 300 g/mol. The minimum Gasteiger partial charge on any atom is -0.364 e. The Labute approximate surface area is 120 Å². The van der Waals surface area contributed by atoms with Gasteiger partial charge in [0, 0.05) is 32.9 Å². The average Bonchev–Trinajstić information content (AvgIpc) is 2.75. The van der Waals surface area contributed by atoms with Gasteiger partial charge in [0.1, 0.15) is 17.0 Å². The Hall–Kier alpha value is -1.93. The molecule has 0 amide bonds. The van der Waals surface area contributed by atoms with Gasteiger partial charge in [0.25, 0.3) is 5.96 Å². The van der Waals surface area contributed by atoms with Gasteiger partial charge < -0.3 is 14.5 Å². The number of aromatic nitrogens is 1. The number of nitro groups is 1. The molecule has 20 heavy (non-hydrogen) atoms. The Morgan fingerprint density at radius 1 is 1.50 bits per heavy atom. The van der Waals surface area contributed by atoms with Gasteiger partial charge in [-0.15, -0.1) is 0 Å². The quantitative estimate of drug-likeness (QED) is 0.458. The van der Waals surface area contributed by atoms with Gasteiger partial charge in [0.05, 0.1) is 0 Å². The smallest absolute Gasteiger partial charge is 0.276 e. The number of methoxy groups -OCH3 is 1. The molecule has 0 radical (unpaired) electrons. The van der Waals surface area contributed by atoms with Crippen LogP contribution in [0.2, 0.25) is 5.15 Å². The van der Waals surface area contributed by atoms with Crippen molar-refractivity contribution in [3.8, 4) is 0 Å². The molecule has 1 aliphatic heterocycles. The van der Waals surface area contributed by atoms with Crippen LogP contribution in [0.1, 0.15) is 5.56 Å². The van der Waals surface area contributed by atoms with Gasteiger partial charge in [-0.25, -0.2) is 15.1 Å². The highest BCUT2D eigenvalue weighted by molar-refractivity contribution is 6.29. The molecule has 0 aliphatic carbocycles. The molecule has 1 aromatic heterocycles. The summed E-state index contributed by atoms with van der Waals surface area (Å²) in [6, 6.07) is 3.52. The fraction of sp³-hybridized carbons (Fsp3) is 0.455. The van der Waals surface area contributed by atoms with Crippen LogP contribution >= 0.6 is 11.6 Å². The number of rotatable bonds is 5. The molecule has 108 valence electrons. The highest BCUT2D eigenvalue weighted by Gasteiger charge is 2.29. The number of halogens is 1. The third-order valence-corrected chi connectivity index (χ3v) is 3.05. The van der Waals surface area contributed by atoms with Gasteiger partial charge in [0.15, 0.2) is 5.03 Å². The molecular formula is C11H14ClN5O3. The maximum Gasteiger partial charge on any atom is 0.276 e. The molecule has 1 fully saturated rings. The van der Waals surface area contributed by atoms with Crippen molar-refractivity contribution in [1.29, 1.82) is 0 Å². The van der Waals surface area contributed by atoms with E-state index in [1.807, 2.05) is 11.0 Å². The number of pyridine rings is 1. The van der Waals surface area contributed by atoms with E-state index in [-0.39, 0.29) is 6.73 Å². The number of hydrogen-bond donors (Lipinski definition) is 0. The van der Waals surface area contributed by atoms with Gasteiger partial charge in [-0.1, -0.05) is 17.7 Å². The largest absolute Gasteiger partial charge is 0.364 e. The second-order valence-electron chi connectivity index (χ2n) is 4.23. The summed E-state index contributed by atoms with van der Waals surface area (Å²) < 4.78 is 5.02. The highest BCUT2D eigenvalue weighted by Crippen LogP contribution is 2.14.